The molecule has 0 saturated heterocycles. The Morgan fingerprint density at radius 2 is 2.00 bits per heavy atom. The largest absolute Gasteiger partial charge is 0.452 e. The van der Waals surface area contributed by atoms with Crippen molar-refractivity contribution in [3.63, 3.8) is 0 Å². The van der Waals surface area contributed by atoms with Crippen molar-refractivity contribution in [3.8, 4) is 0 Å². The highest BCUT2D eigenvalue weighted by atomic mass is 32.1. The highest BCUT2D eigenvalue weighted by molar-refractivity contribution is 7.14. The van der Waals surface area contributed by atoms with Crippen LogP contribution >= 0.6 is 11.3 Å². The molecular formula is C19H15N3O4S. The van der Waals surface area contributed by atoms with Crippen LogP contribution in [0, 0.1) is 0 Å². The van der Waals surface area contributed by atoms with Gasteiger partial charge in [0.15, 0.2) is 6.61 Å². The number of hydrogen-bond donors (Lipinski definition) is 2. The molecule has 0 aliphatic carbocycles. The second-order valence-electron chi connectivity index (χ2n) is 5.44. The molecule has 0 aliphatic heterocycles. The van der Waals surface area contributed by atoms with Crippen molar-refractivity contribution in [1.29, 1.82) is 0 Å². The second kappa shape index (κ2) is 8.24. The van der Waals surface area contributed by atoms with Gasteiger partial charge in [-0.3, -0.25) is 14.6 Å². The molecule has 0 fully saturated rings. The first-order valence-corrected chi connectivity index (χ1v) is 8.78. The molecule has 2 aromatic heterocycles. The van der Waals surface area contributed by atoms with Crippen molar-refractivity contribution >= 4 is 51.1 Å². The minimum atomic E-state index is -0.667. The Kier molecular flexibility index (Phi) is 5.58. The number of carbonyl (C=O) groups excluding carboxylic acids is 3. The van der Waals surface area contributed by atoms with Gasteiger partial charge in [-0.05, 0) is 23.6 Å². The molecule has 0 unspecified atom stereocenters. The molecule has 3 aromatic rings. The number of esters is 1. The van der Waals surface area contributed by atoms with Crippen molar-refractivity contribution in [3.05, 3.63) is 65.2 Å². The minimum absolute atomic E-state index is 0.211. The number of carbonyl (C=O) groups is 3. The van der Waals surface area contributed by atoms with Crippen LogP contribution < -0.4 is 11.1 Å². The molecule has 2 heterocycles. The van der Waals surface area contributed by atoms with Crippen molar-refractivity contribution in [2.45, 2.75) is 0 Å². The van der Waals surface area contributed by atoms with Gasteiger partial charge in [0.05, 0.1) is 11.1 Å². The third-order valence-electron chi connectivity index (χ3n) is 3.59. The van der Waals surface area contributed by atoms with Gasteiger partial charge in [0, 0.05) is 23.2 Å². The van der Waals surface area contributed by atoms with Crippen LogP contribution in [0.3, 0.4) is 0 Å². The number of amides is 2. The molecule has 1 aromatic carbocycles. The maximum Gasteiger partial charge on any atom is 0.331 e. The van der Waals surface area contributed by atoms with E-state index in [0.717, 1.165) is 27.8 Å². The summed E-state index contributed by atoms with van der Waals surface area (Å²) in [5.74, 6) is -1.87. The standard InChI is InChI=1S/C19H15N3O4S/c20-18(25)14-8-10-27-19(14)22-15(23)11-26-16(24)7-6-13-4-1-3-12-5-2-9-21-17(12)13/h1-10H,11H2,(H2,20,25)(H,22,23)/b7-6+. The van der Waals surface area contributed by atoms with E-state index < -0.39 is 24.4 Å². The van der Waals surface area contributed by atoms with Crippen LogP contribution in [0.2, 0.25) is 0 Å². The van der Waals surface area contributed by atoms with E-state index in [1.54, 1.807) is 17.7 Å². The number of primary amides is 1. The van der Waals surface area contributed by atoms with E-state index >= 15 is 0 Å². The number of hydrogen-bond acceptors (Lipinski definition) is 6. The highest BCUT2D eigenvalue weighted by Crippen LogP contribution is 2.22. The normalized spacial score (nSPS) is 10.8. The average molecular weight is 381 g/mol. The lowest BCUT2D eigenvalue weighted by Gasteiger charge is -2.05. The molecule has 3 rings (SSSR count). The summed E-state index contributed by atoms with van der Waals surface area (Å²) in [6, 6.07) is 10.9. The Balaban J connectivity index is 1.57. The summed E-state index contributed by atoms with van der Waals surface area (Å²) >= 11 is 1.15. The summed E-state index contributed by atoms with van der Waals surface area (Å²) < 4.78 is 4.92. The Bertz CT molecular complexity index is 1040. The number of nitrogens with zero attached hydrogens (tertiary/aromatic N) is 1. The fraction of sp³-hybridized carbons (Fsp3) is 0.0526. The SMILES string of the molecule is NC(=O)c1ccsc1NC(=O)COC(=O)/C=C/c1cccc2cccnc12. The zero-order valence-corrected chi connectivity index (χ0v) is 14.9. The topological polar surface area (TPSA) is 111 Å². The van der Waals surface area contributed by atoms with Gasteiger partial charge in [-0.2, -0.15) is 0 Å². The van der Waals surface area contributed by atoms with Gasteiger partial charge >= 0.3 is 5.97 Å². The number of aromatic nitrogens is 1. The fourth-order valence-electron chi connectivity index (χ4n) is 2.37. The summed E-state index contributed by atoms with van der Waals surface area (Å²) in [7, 11) is 0. The van der Waals surface area contributed by atoms with E-state index in [-0.39, 0.29) is 5.56 Å². The number of ether oxygens (including phenoxy) is 1. The van der Waals surface area contributed by atoms with E-state index in [1.165, 1.54) is 12.1 Å². The highest BCUT2D eigenvalue weighted by Gasteiger charge is 2.13. The summed E-state index contributed by atoms with van der Waals surface area (Å²) in [6.45, 7) is -0.479. The van der Waals surface area contributed by atoms with Crippen molar-refractivity contribution in [1.82, 2.24) is 4.98 Å². The molecular weight excluding hydrogens is 366 g/mol. The first kappa shape index (κ1) is 18.3. The predicted molar refractivity (Wildman–Crippen MR) is 103 cm³/mol. The van der Waals surface area contributed by atoms with Gasteiger partial charge < -0.3 is 15.8 Å². The van der Waals surface area contributed by atoms with Crippen LogP contribution in [0.25, 0.3) is 17.0 Å². The Morgan fingerprint density at radius 1 is 1.19 bits per heavy atom. The number of fused-ring (bicyclic) bond motifs is 1. The summed E-state index contributed by atoms with van der Waals surface area (Å²) in [6.07, 6.45) is 4.49. The van der Waals surface area contributed by atoms with Crippen LogP contribution in [0.5, 0.6) is 0 Å². The van der Waals surface area contributed by atoms with Gasteiger partial charge in [0.25, 0.3) is 11.8 Å². The van der Waals surface area contributed by atoms with Gasteiger partial charge in [0.2, 0.25) is 0 Å². The third kappa shape index (κ3) is 4.56. The van der Waals surface area contributed by atoms with E-state index in [2.05, 4.69) is 10.3 Å². The lowest BCUT2D eigenvalue weighted by molar-refractivity contribution is -0.142. The molecule has 0 radical (unpaired) electrons. The lowest BCUT2D eigenvalue weighted by Crippen LogP contribution is -2.21. The van der Waals surface area contributed by atoms with Crippen LogP contribution in [-0.4, -0.2) is 29.4 Å². The Morgan fingerprint density at radius 3 is 2.81 bits per heavy atom. The van der Waals surface area contributed by atoms with Crippen molar-refractivity contribution in [2.75, 3.05) is 11.9 Å². The zero-order valence-electron chi connectivity index (χ0n) is 14.0. The van der Waals surface area contributed by atoms with Gasteiger partial charge in [-0.15, -0.1) is 11.3 Å². The third-order valence-corrected chi connectivity index (χ3v) is 4.42. The van der Waals surface area contributed by atoms with Crippen LogP contribution in [-0.2, 0) is 14.3 Å². The van der Waals surface area contributed by atoms with Crippen LogP contribution in [0.4, 0.5) is 5.00 Å². The van der Waals surface area contributed by atoms with E-state index in [4.69, 9.17) is 10.5 Å². The molecule has 0 aliphatic rings. The molecule has 27 heavy (non-hydrogen) atoms. The lowest BCUT2D eigenvalue weighted by atomic mass is 10.1. The number of para-hydroxylation sites is 1. The van der Waals surface area contributed by atoms with E-state index in [9.17, 15) is 14.4 Å². The molecule has 0 saturated carbocycles. The number of rotatable bonds is 6. The van der Waals surface area contributed by atoms with Crippen LogP contribution in [0.1, 0.15) is 15.9 Å². The number of nitrogens with two attached hydrogens (primary N) is 1. The van der Waals surface area contributed by atoms with Crippen molar-refractivity contribution < 1.29 is 19.1 Å². The Hall–Kier alpha value is -3.52. The average Bonchev–Trinajstić information content (AvgIpc) is 3.13. The maximum absolute atomic E-state index is 11.9. The van der Waals surface area contributed by atoms with Gasteiger partial charge in [-0.25, -0.2) is 4.79 Å². The number of anilines is 1. The van der Waals surface area contributed by atoms with Gasteiger partial charge in [-0.1, -0.05) is 24.3 Å². The summed E-state index contributed by atoms with van der Waals surface area (Å²) in [5, 5.41) is 5.39. The second-order valence-corrected chi connectivity index (χ2v) is 6.36. The number of benzene rings is 1. The van der Waals surface area contributed by atoms with Crippen LogP contribution in [0.15, 0.2) is 54.1 Å². The Labute approximate surface area is 158 Å². The fourth-order valence-corrected chi connectivity index (χ4v) is 3.18. The van der Waals surface area contributed by atoms with Gasteiger partial charge in [0.1, 0.15) is 5.00 Å². The number of pyridine rings is 1. The van der Waals surface area contributed by atoms with Crippen molar-refractivity contribution in [2.24, 2.45) is 5.73 Å². The molecule has 0 atom stereocenters. The molecule has 0 bridgehead atoms. The van der Waals surface area contributed by atoms with E-state index in [0.29, 0.717) is 5.00 Å². The zero-order chi connectivity index (χ0) is 19.2. The molecule has 0 spiro atoms. The molecule has 7 nitrogen and oxygen atoms in total. The predicted octanol–water partition coefficient (Wildman–Crippen LogP) is 2.59. The maximum atomic E-state index is 11.9. The summed E-state index contributed by atoms with van der Waals surface area (Å²) in [5.41, 5.74) is 6.94. The molecule has 8 heteroatoms. The molecule has 136 valence electrons. The summed E-state index contributed by atoms with van der Waals surface area (Å²) in [4.78, 5) is 39.2. The molecule has 3 N–H and O–H groups in total. The quantitative estimate of drug-likeness (QED) is 0.503. The first-order chi connectivity index (χ1) is 13.0. The molecule has 2 amide bonds. The minimum Gasteiger partial charge on any atom is -0.452 e. The monoisotopic (exact) mass is 381 g/mol. The number of nitrogens with one attached hydrogen (secondary N) is 1. The number of thiophene rings is 1. The van der Waals surface area contributed by atoms with E-state index in [1.807, 2.05) is 30.3 Å². The smallest absolute Gasteiger partial charge is 0.331 e. The first-order valence-electron chi connectivity index (χ1n) is 7.90.